The average Bonchev–Trinajstić information content (AvgIpc) is 2.61. The molecule has 0 unspecified atom stereocenters. The number of aromatic nitrogens is 3. The van der Waals surface area contributed by atoms with E-state index in [1.807, 2.05) is 0 Å². The topological polar surface area (TPSA) is 65.0 Å². The van der Waals surface area contributed by atoms with Crippen LogP contribution in [0.4, 0.5) is 0 Å². The standard InChI is InChI=1S/C8H5Cl2N3O2S/c1-2-15-7(14)5-3-4(13-16-5)6(9)12-8(10)11-3/h2H2,1H3. The van der Waals surface area contributed by atoms with Gasteiger partial charge in [0.1, 0.15) is 11.0 Å². The van der Waals surface area contributed by atoms with Gasteiger partial charge in [0.25, 0.3) is 0 Å². The summed E-state index contributed by atoms with van der Waals surface area (Å²) in [5.41, 5.74) is 0.688. The number of esters is 1. The maximum atomic E-state index is 11.5. The molecule has 0 aliphatic heterocycles. The minimum Gasteiger partial charge on any atom is -0.462 e. The third-order valence-electron chi connectivity index (χ3n) is 1.72. The molecule has 0 aliphatic carbocycles. The van der Waals surface area contributed by atoms with Crippen LogP contribution in [0.1, 0.15) is 16.6 Å². The molecule has 84 valence electrons. The van der Waals surface area contributed by atoms with Crippen LogP contribution in [-0.2, 0) is 4.74 Å². The van der Waals surface area contributed by atoms with Crippen LogP contribution in [0.3, 0.4) is 0 Å². The first kappa shape index (κ1) is 11.5. The molecule has 0 fully saturated rings. The van der Waals surface area contributed by atoms with E-state index in [-0.39, 0.29) is 21.9 Å². The zero-order chi connectivity index (χ0) is 11.7. The molecular formula is C8H5Cl2N3O2S. The van der Waals surface area contributed by atoms with Gasteiger partial charge in [-0.25, -0.2) is 14.8 Å². The van der Waals surface area contributed by atoms with Crippen LogP contribution in [0.2, 0.25) is 10.4 Å². The van der Waals surface area contributed by atoms with Crippen molar-refractivity contribution in [3.8, 4) is 0 Å². The van der Waals surface area contributed by atoms with Gasteiger partial charge < -0.3 is 4.74 Å². The molecule has 0 bridgehead atoms. The van der Waals surface area contributed by atoms with Gasteiger partial charge in [0, 0.05) is 0 Å². The molecule has 0 aromatic carbocycles. The average molecular weight is 278 g/mol. The molecule has 0 N–H and O–H groups in total. The fraction of sp³-hybridized carbons (Fsp3) is 0.250. The van der Waals surface area contributed by atoms with Gasteiger partial charge in [-0.3, -0.25) is 0 Å². The predicted molar refractivity (Wildman–Crippen MR) is 61.2 cm³/mol. The molecule has 16 heavy (non-hydrogen) atoms. The zero-order valence-corrected chi connectivity index (χ0v) is 10.4. The Hall–Kier alpha value is -0.980. The van der Waals surface area contributed by atoms with E-state index in [1.165, 1.54) is 0 Å². The third kappa shape index (κ3) is 1.95. The van der Waals surface area contributed by atoms with Crippen LogP contribution in [-0.4, -0.2) is 26.9 Å². The summed E-state index contributed by atoms with van der Waals surface area (Å²) in [4.78, 5) is 19.5. The molecule has 0 aliphatic rings. The van der Waals surface area contributed by atoms with Crippen molar-refractivity contribution in [3.63, 3.8) is 0 Å². The molecule has 2 heterocycles. The highest BCUT2D eigenvalue weighted by atomic mass is 35.5. The molecule has 5 nitrogen and oxygen atoms in total. The van der Waals surface area contributed by atoms with E-state index in [2.05, 4.69) is 14.3 Å². The minimum atomic E-state index is -0.485. The van der Waals surface area contributed by atoms with Gasteiger partial charge in [0.05, 0.1) is 6.61 Å². The van der Waals surface area contributed by atoms with E-state index in [0.29, 0.717) is 11.0 Å². The van der Waals surface area contributed by atoms with E-state index in [9.17, 15) is 4.79 Å². The van der Waals surface area contributed by atoms with Crippen LogP contribution in [0.5, 0.6) is 0 Å². The molecule has 0 spiro atoms. The highest BCUT2D eigenvalue weighted by Gasteiger charge is 2.19. The lowest BCUT2D eigenvalue weighted by molar-refractivity contribution is 0.0534. The summed E-state index contributed by atoms with van der Waals surface area (Å²) in [5.74, 6) is -0.485. The Kier molecular flexibility index (Phi) is 3.22. The number of hydrogen-bond donors (Lipinski definition) is 0. The Balaban J connectivity index is 2.60. The number of halogens is 2. The second-order valence-electron chi connectivity index (χ2n) is 2.71. The molecule has 0 saturated carbocycles. The summed E-state index contributed by atoms with van der Waals surface area (Å²) in [6.07, 6.45) is 0. The fourth-order valence-corrected chi connectivity index (χ4v) is 2.30. The SMILES string of the molecule is CCOC(=O)c1snc2c(Cl)nc(Cl)nc12. The molecule has 2 aromatic rings. The number of hydrogen-bond acceptors (Lipinski definition) is 6. The number of carbonyl (C=O) groups excluding carboxylic acids is 1. The normalized spacial score (nSPS) is 10.7. The predicted octanol–water partition coefficient (Wildman–Crippen LogP) is 2.57. The lowest BCUT2D eigenvalue weighted by atomic mass is 10.4. The summed E-state index contributed by atoms with van der Waals surface area (Å²) < 4.78 is 8.85. The van der Waals surface area contributed by atoms with Gasteiger partial charge in [0.15, 0.2) is 10.0 Å². The number of rotatable bonds is 2. The van der Waals surface area contributed by atoms with Crippen LogP contribution < -0.4 is 0 Å². The number of ether oxygens (including phenoxy) is 1. The van der Waals surface area contributed by atoms with E-state index in [1.54, 1.807) is 6.92 Å². The van der Waals surface area contributed by atoms with E-state index >= 15 is 0 Å². The van der Waals surface area contributed by atoms with Crippen LogP contribution in [0, 0.1) is 0 Å². The maximum Gasteiger partial charge on any atom is 0.352 e. The minimum absolute atomic E-state index is 0.0248. The second kappa shape index (κ2) is 4.48. The van der Waals surface area contributed by atoms with Gasteiger partial charge in [-0.15, -0.1) is 0 Å². The molecule has 2 aromatic heterocycles. The maximum absolute atomic E-state index is 11.5. The highest BCUT2D eigenvalue weighted by Crippen LogP contribution is 2.27. The number of fused-ring (bicyclic) bond motifs is 1. The lowest BCUT2D eigenvalue weighted by Gasteiger charge is -1.98. The van der Waals surface area contributed by atoms with Crippen LogP contribution >= 0.6 is 34.7 Å². The smallest absolute Gasteiger partial charge is 0.352 e. The van der Waals surface area contributed by atoms with E-state index < -0.39 is 5.97 Å². The summed E-state index contributed by atoms with van der Waals surface area (Å²) in [7, 11) is 0. The van der Waals surface area contributed by atoms with Crippen molar-refractivity contribution in [2.75, 3.05) is 6.61 Å². The quantitative estimate of drug-likeness (QED) is 0.480. The largest absolute Gasteiger partial charge is 0.462 e. The highest BCUT2D eigenvalue weighted by molar-refractivity contribution is 7.09. The summed E-state index contributed by atoms with van der Waals surface area (Å²) in [6.45, 7) is 2.00. The number of nitrogens with zero attached hydrogens (tertiary/aromatic N) is 3. The Bertz CT molecular complexity index is 557. The van der Waals surface area contributed by atoms with Gasteiger partial charge in [-0.05, 0) is 30.1 Å². The van der Waals surface area contributed by atoms with Crippen molar-refractivity contribution in [1.82, 2.24) is 14.3 Å². The summed E-state index contributed by atoms with van der Waals surface area (Å²) in [5, 5.41) is 0.102. The van der Waals surface area contributed by atoms with Crippen molar-refractivity contribution < 1.29 is 9.53 Å². The Labute approximate surface area is 105 Å². The molecule has 0 saturated heterocycles. The second-order valence-corrected chi connectivity index (χ2v) is 4.18. The lowest BCUT2D eigenvalue weighted by Crippen LogP contribution is -2.03. The fourth-order valence-electron chi connectivity index (χ4n) is 1.11. The first-order chi connectivity index (χ1) is 7.63. The van der Waals surface area contributed by atoms with Crippen molar-refractivity contribution >= 4 is 51.7 Å². The molecular weight excluding hydrogens is 273 g/mol. The van der Waals surface area contributed by atoms with Gasteiger partial charge >= 0.3 is 5.97 Å². The van der Waals surface area contributed by atoms with Crippen LogP contribution in [0.25, 0.3) is 11.0 Å². The number of carbonyl (C=O) groups is 1. The summed E-state index contributed by atoms with van der Waals surface area (Å²) >= 11 is 12.4. The van der Waals surface area contributed by atoms with E-state index in [0.717, 1.165) is 11.5 Å². The Morgan fingerprint density at radius 1 is 1.38 bits per heavy atom. The first-order valence-corrected chi connectivity index (χ1v) is 5.82. The third-order valence-corrected chi connectivity index (χ3v) is 2.97. The summed E-state index contributed by atoms with van der Waals surface area (Å²) in [6, 6.07) is 0. The molecule has 2 rings (SSSR count). The van der Waals surface area contributed by atoms with Gasteiger partial charge in [-0.1, -0.05) is 11.6 Å². The van der Waals surface area contributed by atoms with Gasteiger partial charge in [0.2, 0.25) is 5.28 Å². The van der Waals surface area contributed by atoms with Crippen molar-refractivity contribution in [1.29, 1.82) is 0 Å². The van der Waals surface area contributed by atoms with Crippen LogP contribution in [0.15, 0.2) is 0 Å². The zero-order valence-electron chi connectivity index (χ0n) is 8.03. The van der Waals surface area contributed by atoms with Gasteiger partial charge in [-0.2, -0.15) is 4.37 Å². The first-order valence-electron chi connectivity index (χ1n) is 4.29. The molecule has 0 amide bonds. The Morgan fingerprint density at radius 3 is 2.81 bits per heavy atom. The molecule has 8 heteroatoms. The van der Waals surface area contributed by atoms with Crippen molar-refractivity contribution in [2.24, 2.45) is 0 Å². The monoisotopic (exact) mass is 277 g/mol. The molecule has 0 radical (unpaired) electrons. The Morgan fingerprint density at radius 2 is 2.12 bits per heavy atom. The van der Waals surface area contributed by atoms with E-state index in [4.69, 9.17) is 27.9 Å². The van der Waals surface area contributed by atoms with Crippen molar-refractivity contribution in [3.05, 3.63) is 15.3 Å². The molecule has 0 atom stereocenters. The van der Waals surface area contributed by atoms with Crippen molar-refractivity contribution in [2.45, 2.75) is 6.92 Å².